The molecule has 4 nitrogen and oxygen atoms in total. The zero-order valence-electron chi connectivity index (χ0n) is 16.2. The Bertz CT molecular complexity index is 858. The first kappa shape index (κ1) is 21.2. The summed E-state index contributed by atoms with van der Waals surface area (Å²) in [6.07, 6.45) is -2.15. The van der Waals surface area contributed by atoms with Gasteiger partial charge in [0.2, 0.25) is 5.60 Å². The van der Waals surface area contributed by atoms with Crippen molar-refractivity contribution in [1.29, 1.82) is 0 Å². The molecule has 1 unspecified atom stereocenters. The fourth-order valence-corrected chi connectivity index (χ4v) is 3.40. The molecule has 0 bridgehead atoms. The standard InChI is InChI=1S/C22H24F3NO3/c1-16-9-12-19(29-16)15-26-20(27)21(22(23,24)25)14-18(8-5-13-28-21)11-10-17-6-3-2-4-7-17/h2-4,6-7,9,11-12H,5,8,10,13-15H2,1H3,(H,26,27). The molecule has 0 saturated carbocycles. The van der Waals surface area contributed by atoms with E-state index in [0.717, 1.165) is 5.56 Å². The van der Waals surface area contributed by atoms with E-state index in [1.54, 1.807) is 25.1 Å². The molecule has 1 N–H and O–H groups in total. The van der Waals surface area contributed by atoms with Gasteiger partial charge in [-0.2, -0.15) is 13.2 Å². The maximum absolute atomic E-state index is 14.1. The van der Waals surface area contributed by atoms with E-state index in [2.05, 4.69) is 5.32 Å². The molecule has 1 amide bonds. The Morgan fingerprint density at radius 3 is 2.62 bits per heavy atom. The van der Waals surface area contributed by atoms with Crippen molar-refractivity contribution < 1.29 is 27.1 Å². The highest BCUT2D eigenvalue weighted by atomic mass is 19.4. The van der Waals surface area contributed by atoms with Crippen LogP contribution in [0.25, 0.3) is 0 Å². The number of carbonyl (C=O) groups excluding carboxylic acids is 1. The summed E-state index contributed by atoms with van der Waals surface area (Å²) in [5, 5.41) is 2.35. The molecule has 3 rings (SSSR count). The van der Waals surface area contributed by atoms with Crippen molar-refractivity contribution in [3.8, 4) is 0 Å². The molecular weight excluding hydrogens is 383 g/mol. The van der Waals surface area contributed by atoms with E-state index in [1.165, 1.54) is 0 Å². The van der Waals surface area contributed by atoms with Crippen molar-refractivity contribution in [2.45, 2.75) is 50.9 Å². The van der Waals surface area contributed by atoms with Gasteiger partial charge in [0.05, 0.1) is 6.54 Å². The zero-order valence-corrected chi connectivity index (χ0v) is 16.2. The number of aryl methyl sites for hydroxylation is 1. The van der Waals surface area contributed by atoms with Crippen LogP contribution in [0.3, 0.4) is 0 Å². The molecule has 2 aromatic rings. The molecule has 2 heterocycles. The second-order valence-corrected chi connectivity index (χ2v) is 7.20. The highest BCUT2D eigenvalue weighted by Crippen LogP contribution is 2.41. The Hall–Kier alpha value is -2.54. The Labute approximate surface area is 167 Å². The van der Waals surface area contributed by atoms with E-state index in [4.69, 9.17) is 9.15 Å². The first-order valence-corrected chi connectivity index (χ1v) is 9.56. The van der Waals surface area contributed by atoms with Gasteiger partial charge in [-0.15, -0.1) is 0 Å². The number of hydrogen-bond acceptors (Lipinski definition) is 3. The minimum Gasteiger partial charge on any atom is -0.465 e. The van der Waals surface area contributed by atoms with Crippen LogP contribution in [0.4, 0.5) is 13.2 Å². The molecule has 1 fully saturated rings. The number of alkyl halides is 3. The highest BCUT2D eigenvalue weighted by Gasteiger charge is 2.62. The maximum atomic E-state index is 14.1. The summed E-state index contributed by atoms with van der Waals surface area (Å²) in [6, 6.07) is 12.8. The number of rotatable bonds is 5. The molecular formula is C22H24F3NO3. The number of nitrogens with one attached hydrogen (secondary N) is 1. The Kier molecular flexibility index (Phi) is 6.47. The monoisotopic (exact) mass is 407 g/mol. The van der Waals surface area contributed by atoms with E-state index >= 15 is 0 Å². The van der Waals surface area contributed by atoms with Gasteiger partial charge in [-0.1, -0.05) is 42.0 Å². The zero-order chi connectivity index (χ0) is 20.9. The van der Waals surface area contributed by atoms with Gasteiger partial charge in [-0.3, -0.25) is 4.79 Å². The van der Waals surface area contributed by atoms with Crippen molar-refractivity contribution in [3.05, 3.63) is 71.2 Å². The van der Waals surface area contributed by atoms with E-state index < -0.39 is 24.1 Å². The smallest absolute Gasteiger partial charge is 0.426 e. The fourth-order valence-electron chi connectivity index (χ4n) is 3.40. The average Bonchev–Trinajstić information content (AvgIpc) is 2.97. The molecule has 1 aliphatic heterocycles. The van der Waals surface area contributed by atoms with Gasteiger partial charge < -0.3 is 14.5 Å². The van der Waals surface area contributed by atoms with Crippen LogP contribution < -0.4 is 5.32 Å². The molecule has 1 aliphatic rings. The van der Waals surface area contributed by atoms with Crippen LogP contribution in [0.1, 0.15) is 36.3 Å². The Balaban J connectivity index is 1.79. The van der Waals surface area contributed by atoms with Gasteiger partial charge in [-0.25, -0.2) is 0 Å². The van der Waals surface area contributed by atoms with E-state index in [-0.39, 0.29) is 13.2 Å². The minimum absolute atomic E-state index is 0.128. The molecule has 0 radical (unpaired) electrons. The first-order valence-electron chi connectivity index (χ1n) is 9.56. The quantitative estimate of drug-likeness (QED) is 0.719. The number of benzene rings is 1. The van der Waals surface area contributed by atoms with E-state index in [9.17, 15) is 18.0 Å². The van der Waals surface area contributed by atoms with Crippen molar-refractivity contribution in [2.75, 3.05) is 6.61 Å². The molecule has 1 saturated heterocycles. The lowest BCUT2D eigenvalue weighted by molar-refractivity contribution is -0.265. The number of halogens is 3. The number of carbonyl (C=O) groups is 1. The second-order valence-electron chi connectivity index (χ2n) is 7.20. The van der Waals surface area contributed by atoms with Gasteiger partial charge in [0.15, 0.2) is 0 Å². The molecule has 0 aliphatic carbocycles. The molecule has 1 aromatic carbocycles. The van der Waals surface area contributed by atoms with Crippen LogP contribution in [0.15, 0.2) is 58.5 Å². The van der Waals surface area contributed by atoms with E-state index in [0.29, 0.717) is 36.4 Å². The summed E-state index contributed by atoms with van der Waals surface area (Å²) in [6.45, 7) is 1.47. The van der Waals surface area contributed by atoms with Crippen molar-refractivity contribution in [2.24, 2.45) is 0 Å². The van der Waals surface area contributed by atoms with Gasteiger partial charge in [0.1, 0.15) is 11.5 Å². The molecule has 29 heavy (non-hydrogen) atoms. The Morgan fingerprint density at radius 2 is 1.97 bits per heavy atom. The topological polar surface area (TPSA) is 51.5 Å². The molecule has 0 spiro atoms. The Morgan fingerprint density at radius 1 is 1.21 bits per heavy atom. The average molecular weight is 407 g/mol. The highest BCUT2D eigenvalue weighted by molar-refractivity contribution is 5.86. The number of allylic oxidation sites excluding steroid dienone is 1. The van der Waals surface area contributed by atoms with Crippen LogP contribution in [-0.4, -0.2) is 24.3 Å². The lowest BCUT2D eigenvalue weighted by Gasteiger charge is -2.33. The lowest BCUT2D eigenvalue weighted by atomic mass is 9.90. The lowest BCUT2D eigenvalue weighted by Crippen LogP contribution is -2.58. The largest absolute Gasteiger partial charge is 0.465 e. The number of furan rings is 1. The van der Waals surface area contributed by atoms with Crippen LogP contribution >= 0.6 is 0 Å². The summed E-state index contributed by atoms with van der Waals surface area (Å²) < 4.78 is 52.7. The van der Waals surface area contributed by atoms with Gasteiger partial charge in [0, 0.05) is 13.0 Å². The minimum atomic E-state index is -4.84. The van der Waals surface area contributed by atoms with Crippen molar-refractivity contribution in [1.82, 2.24) is 5.32 Å². The number of amides is 1. The summed E-state index contributed by atoms with van der Waals surface area (Å²) in [5.74, 6) is -0.176. The van der Waals surface area contributed by atoms with Crippen LogP contribution in [0.5, 0.6) is 0 Å². The first-order chi connectivity index (χ1) is 13.8. The molecule has 1 aromatic heterocycles. The molecule has 7 heteroatoms. The summed E-state index contributed by atoms with van der Waals surface area (Å²) in [5.41, 5.74) is -1.32. The third-order valence-corrected chi connectivity index (χ3v) is 4.98. The normalized spacial score (nSPS) is 21.7. The van der Waals surface area contributed by atoms with Gasteiger partial charge in [0.25, 0.3) is 5.91 Å². The van der Waals surface area contributed by atoms with Crippen LogP contribution in [0, 0.1) is 6.92 Å². The molecule has 1 atom stereocenters. The predicted molar refractivity (Wildman–Crippen MR) is 102 cm³/mol. The number of ether oxygens (including phenoxy) is 1. The van der Waals surface area contributed by atoms with Crippen LogP contribution in [0.2, 0.25) is 0 Å². The predicted octanol–water partition coefficient (Wildman–Crippen LogP) is 4.87. The third-order valence-electron chi connectivity index (χ3n) is 4.98. The van der Waals surface area contributed by atoms with E-state index in [1.807, 2.05) is 30.3 Å². The molecule has 156 valence electrons. The van der Waals surface area contributed by atoms with Crippen molar-refractivity contribution in [3.63, 3.8) is 0 Å². The number of hydrogen-bond donors (Lipinski definition) is 1. The van der Waals surface area contributed by atoms with Crippen molar-refractivity contribution >= 4 is 5.91 Å². The van der Waals surface area contributed by atoms with Crippen LogP contribution in [-0.2, 0) is 22.5 Å². The maximum Gasteiger partial charge on any atom is 0.426 e. The van der Waals surface area contributed by atoms with Gasteiger partial charge >= 0.3 is 6.18 Å². The summed E-state index contributed by atoms with van der Waals surface area (Å²) in [7, 11) is 0. The summed E-state index contributed by atoms with van der Waals surface area (Å²) in [4.78, 5) is 12.7. The fraction of sp³-hybridized carbons (Fsp3) is 0.409. The van der Waals surface area contributed by atoms with Gasteiger partial charge in [-0.05, 0) is 43.9 Å². The third kappa shape index (κ3) is 5.09. The SMILES string of the molecule is Cc1ccc(CNC(=O)C2(C(F)(F)F)CC(=CCc3ccccc3)CCCO2)o1. The summed E-state index contributed by atoms with van der Waals surface area (Å²) >= 11 is 0. The second kappa shape index (κ2) is 8.86.